The highest BCUT2D eigenvalue weighted by Gasteiger charge is 1.98. The molecule has 1 aromatic carbocycles. The fourth-order valence-electron chi connectivity index (χ4n) is 1.32. The number of oxime groups is 1. The highest BCUT2D eigenvalue weighted by Crippen LogP contribution is 2.25. The standard InChI is InChI=1S/C13H12N2OS/c1-10-2-5-12(6-3-10)17-13-7-4-11(8-14-13)9-15-16/h2-9,16H,1H3/b15-9+. The van der Waals surface area contributed by atoms with Gasteiger partial charge in [0, 0.05) is 16.7 Å². The highest BCUT2D eigenvalue weighted by atomic mass is 32.2. The van der Waals surface area contributed by atoms with E-state index in [1.54, 1.807) is 18.0 Å². The van der Waals surface area contributed by atoms with Crippen LogP contribution in [0.15, 0.2) is 57.7 Å². The fraction of sp³-hybridized carbons (Fsp3) is 0.0769. The molecule has 2 rings (SSSR count). The van der Waals surface area contributed by atoms with Crippen molar-refractivity contribution in [1.29, 1.82) is 0 Å². The Balaban J connectivity index is 2.11. The van der Waals surface area contributed by atoms with Crippen molar-refractivity contribution in [3.05, 3.63) is 53.7 Å². The van der Waals surface area contributed by atoms with Crippen LogP contribution in [0.2, 0.25) is 0 Å². The third-order valence-corrected chi connectivity index (χ3v) is 3.17. The quantitative estimate of drug-likeness (QED) is 0.511. The lowest BCUT2D eigenvalue weighted by molar-refractivity contribution is 0.322. The topological polar surface area (TPSA) is 45.5 Å². The Morgan fingerprint density at radius 3 is 2.53 bits per heavy atom. The summed E-state index contributed by atoms with van der Waals surface area (Å²) in [6, 6.07) is 12.1. The Kier molecular flexibility index (Phi) is 3.77. The summed E-state index contributed by atoms with van der Waals surface area (Å²) in [6.45, 7) is 2.07. The minimum absolute atomic E-state index is 0.778. The maximum Gasteiger partial charge on any atom is 0.101 e. The number of hydrogen-bond acceptors (Lipinski definition) is 4. The summed E-state index contributed by atoms with van der Waals surface area (Å²) in [6.07, 6.45) is 3.03. The molecule has 1 aromatic heterocycles. The van der Waals surface area contributed by atoms with Crippen LogP contribution in [-0.2, 0) is 0 Å². The zero-order valence-electron chi connectivity index (χ0n) is 9.37. The Morgan fingerprint density at radius 1 is 1.18 bits per heavy atom. The van der Waals surface area contributed by atoms with Gasteiger partial charge in [0.25, 0.3) is 0 Å². The molecule has 0 bridgehead atoms. The summed E-state index contributed by atoms with van der Waals surface area (Å²) in [5, 5.41) is 12.3. The van der Waals surface area contributed by atoms with Crippen LogP contribution in [0.4, 0.5) is 0 Å². The van der Waals surface area contributed by atoms with Crippen molar-refractivity contribution < 1.29 is 5.21 Å². The molecule has 4 heteroatoms. The van der Waals surface area contributed by atoms with E-state index in [2.05, 4.69) is 41.3 Å². The molecule has 86 valence electrons. The van der Waals surface area contributed by atoms with Crippen molar-refractivity contribution in [2.45, 2.75) is 16.8 Å². The molecule has 17 heavy (non-hydrogen) atoms. The predicted octanol–water partition coefficient (Wildman–Crippen LogP) is 3.35. The van der Waals surface area contributed by atoms with E-state index in [1.807, 2.05) is 12.1 Å². The van der Waals surface area contributed by atoms with Gasteiger partial charge in [0.2, 0.25) is 0 Å². The maximum absolute atomic E-state index is 8.39. The molecule has 1 N–H and O–H groups in total. The van der Waals surface area contributed by atoms with Gasteiger partial charge in [-0.1, -0.05) is 34.6 Å². The summed E-state index contributed by atoms with van der Waals surface area (Å²) in [5.74, 6) is 0. The van der Waals surface area contributed by atoms with Crippen LogP contribution in [0, 0.1) is 6.92 Å². The minimum atomic E-state index is 0.778. The van der Waals surface area contributed by atoms with Gasteiger partial charge >= 0.3 is 0 Å². The monoisotopic (exact) mass is 244 g/mol. The normalized spacial score (nSPS) is 10.9. The molecule has 0 unspecified atom stereocenters. The first-order chi connectivity index (χ1) is 8.28. The van der Waals surface area contributed by atoms with Gasteiger partial charge in [-0.3, -0.25) is 0 Å². The van der Waals surface area contributed by atoms with E-state index >= 15 is 0 Å². The second-order valence-electron chi connectivity index (χ2n) is 3.59. The molecule has 0 amide bonds. The Hall–Kier alpha value is -1.81. The van der Waals surface area contributed by atoms with Gasteiger partial charge in [-0.2, -0.15) is 0 Å². The number of aromatic nitrogens is 1. The van der Waals surface area contributed by atoms with Gasteiger partial charge in [-0.25, -0.2) is 4.98 Å². The van der Waals surface area contributed by atoms with Crippen LogP contribution in [0.3, 0.4) is 0 Å². The van der Waals surface area contributed by atoms with Gasteiger partial charge < -0.3 is 5.21 Å². The van der Waals surface area contributed by atoms with Gasteiger partial charge in [-0.15, -0.1) is 0 Å². The summed E-state index contributed by atoms with van der Waals surface area (Å²) in [7, 11) is 0. The van der Waals surface area contributed by atoms with E-state index in [-0.39, 0.29) is 0 Å². The lowest BCUT2D eigenvalue weighted by atomic mass is 10.2. The first kappa shape index (κ1) is 11.7. The number of nitrogens with zero attached hydrogens (tertiary/aromatic N) is 2. The molecular formula is C13H12N2OS. The molecule has 2 aromatic rings. The molecular weight excluding hydrogens is 232 g/mol. The average molecular weight is 244 g/mol. The summed E-state index contributed by atoms with van der Waals surface area (Å²) in [5.41, 5.74) is 2.03. The largest absolute Gasteiger partial charge is 0.411 e. The van der Waals surface area contributed by atoms with Crippen molar-refractivity contribution in [1.82, 2.24) is 4.98 Å². The number of hydrogen-bond donors (Lipinski definition) is 1. The second-order valence-corrected chi connectivity index (χ2v) is 4.68. The average Bonchev–Trinajstić information content (AvgIpc) is 2.35. The van der Waals surface area contributed by atoms with E-state index in [4.69, 9.17) is 5.21 Å². The van der Waals surface area contributed by atoms with Crippen LogP contribution in [0.1, 0.15) is 11.1 Å². The molecule has 0 saturated carbocycles. The van der Waals surface area contributed by atoms with E-state index in [0.717, 1.165) is 15.5 Å². The lowest BCUT2D eigenvalue weighted by Gasteiger charge is -2.01. The molecule has 0 radical (unpaired) electrons. The Bertz CT molecular complexity index is 506. The molecule has 0 aliphatic carbocycles. The second kappa shape index (κ2) is 5.50. The molecule has 0 fully saturated rings. The lowest BCUT2D eigenvalue weighted by Crippen LogP contribution is -1.85. The molecule has 0 saturated heterocycles. The summed E-state index contributed by atoms with van der Waals surface area (Å²) >= 11 is 1.60. The van der Waals surface area contributed by atoms with Crippen molar-refractivity contribution in [3.8, 4) is 0 Å². The molecule has 0 aliphatic rings. The smallest absolute Gasteiger partial charge is 0.101 e. The fourth-order valence-corrected chi connectivity index (χ4v) is 2.08. The minimum Gasteiger partial charge on any atom is -0.411 e. The first-order valence-electron chi connectivity index (χ1n) is 5.16. The molecule has 0 aliphatic heterocycles. The van der Waals surface area contributed by atoms with Crippen molar-refractivity contribution in [2.75, 3.05) is 0 Å². The zero-order chi connectivity index (χ0) is 12.1. The Morgan fingerprint density at radius 2 is 1.94 bits per heavy atom. The van der Waals surface area contributed by atoms with E-state index in [1.165, 1.54) is 11.8 Å². The van der Waals surface area contributed by atoms with E-state index in [9.17, 15) is 0 Å². The zero-order valence-corrected chi connectivity index (χ0v) is 10.2. The van der Waals surface area contributed by atoms with Crippen molar-refractivity contribution in [2.24, 2.45) is 5.16 Å². The third-order valence-electron chi connectivity index (χ3n) is 2.21. The van der Waals surface area contributed by atoms with Crippen LogP contribution in [-0.4, -0.2) is 16.4 Å². The van der Waals surface area contributed by atoms with Crippen LogP contribution in [0.25, 0.3) is 0 Å². The predicted molar refractivity (Wildman–Crippen MR) is 68.9 cm³/mol. The molecule has 1 heterocycles. The molecule has 0 spiro atoms. The van der Waals surface area contributed by atoms with Gasteiger partial charge in [0.1, 0.15) is 5.03 Å². The van der Waals surface area contributed by atoms with Crippen LogP contribution >= 0.6 is 11.8 Å². The first-order valence-corrected chi connectivity index (χ1v) is 5.97. The summed E-state index contributed by atoms with van der Waals surface area (Å²) < 4.78 is 0. The molecule has 0 atom stereocenters. The maximum atomic E-state index is 8.39. The van der Waals surface area contributed by atoms with Crippen molar-refractivity contribution >= 4 is 18.0 Å². The highest BCUT2D eigenvalue weighted by molar-refractivity contribution is 7.99. The van der Waals surface area contributed by atoms with Crippen molar-refractivity contribution in [3.63, 3.8) is 0 Å². The summed E-state index contributed by atoms with van der Waals surface area (Å²) in [4.78, 5) is 5.43. The van der Waals surface area contributed by atoms with E-state index < -0.39 is 0 Å². The molecule has 3 nitrogen and oxygen atoms in total. The number of aryl methyl sites for hydroxylation is 1. The van der Waals surface area contributed by atoms with E-state index in [0.29, 0.717) is 0 Å². The third kappa shape index (κ3) is 3.32. The number of pyridine rings is 1. The Labute approximate surface area is 104 Å². The SMILES string of the molecule is Cc1ccc(Sc2ccc(/C=N/O)cn2)cc1. The van der Waals surface area contributed by atoms with Gasteiger partial charge in [-0.05, 0) is 31.2 Å². The van der Waals surface area contributed by atoms with Crippen LogP contribution < -0.4 is 0 Å². The number of benzene rings is 1. The van der Waals surface area contributed by atoms with Gasteiger partial charge in [0.15, 0.2) is 0 Å². The van der Waals surface area contributed by atoms with Crippen LogP contribution in [0.5, 0.6) is 0 Å². The van der Waals surface area contributed by atoms with Gasteiger partial charge in [0.05, 0.1) is 6.21 Å². The number of rotatable bonds is 3.